The van der Waals surface area contributed by atoms with Crippen molar-refractivity contribution in [1.29, 1.82) is 0 Å². The highest BCUT2D eigenvalue weighted by molar-refractivity contribution is 5.80. The molecule has 1 aliphatic heterocycles. The van der Waals surface area contributed by atoms with Gasteiger partial charge in [-0.2, -0.15) is 0 Å². The van der Waals surface area contributed by atoms with Gasteiger partial charge in [-0.05, 0) is 18.3 Å². The van der Waals surface area contributed by atoms with Gasteiger partial charge in [0.05, 0.1) is 0 Å². The lowest BCUT2D eigenvalue weighted by atomic mass is 9.86. The molecule has 1 saturated heterocycles. The van der Waals surface area contributed by atoms with E-state index in [-0.39, 0.29) is 11.9 Å². The summed E-state index contributed by atoms with van der Waals surface area (Å²) in [6.45, 7) is 4.98. The second kappa shape index (κ2) is 3.22. The van der Waals surface area contributed by atoms with E-state index in [1.54, 1.807) is 0 Å². The van der Waals surface area contributed by atoms with Crippen molar-refractivity contribution in [1.82, 2.24) is 5.32 Å². The van der Waals surface area contributed by atoms with E-state index in [4.69, 9.17) is 5.73 Å². The average molecular weight is 155 g/mol. The van der Waals surface area contributed by atoms with Crippen LogP contribution in [-0.4, -0.2) is 18.5 Å². The molecule has 0 aromatic carbocycles. The summed E-state index contributed by atoms with van der Waals surface area (Å²) in [7, 11) is 0. The van der Waals surface area contributed by atoms with Crippen LogP contribution in [0.3, 0.4) is 0 Å². The first kappa shape index (κ1) is 8.53. The van der Waals surface area contributed by atoms with E-state index in [0.29, 0.717) is 11.8 Å². The highest BCUT2D eigenvalue weighted by Crippen LogP contribution is 2.20. The maximum absolute atomic E-state index is 10.8. The molecule has 1 amide bonds. The van der Waals surface area contributed by atoms with Crippen molar-refractivity contribution in [2.75, 3.05) is 6.54 Å². The maximum Gasteiger partial charge on any atom is 0.236 e. The van der Waals surface area contributed by atoms with Crippen LogP contribution in [0.2, 0.25) is 0 Å². The van der Waals surface area contributed by atoms with Crippen molar-refractivity contribution < 1.29 is 4.79 Å². The van der Waals surface area contributed by atoms with Gasteiger partial charge in [0, 0.05) is 6.54 Å². The lowest BCUT2D eigenvalue weighted by Crippen LogP contribution is -2.47. The molecule has 1 heterocycles. The van der Waals surface area contributed by atoms with Crippen molar-refractivity contribution in [2.24, 2.45) is 17.6 Å². The quantitative estimate of drug-likeness (QED) is 0.574. The molecule has 0 bridgehead atoms. The molecule has 1 radical (unpaired) electrons. The molecule has 1 fully saturated rings. The highest BCUT2D eigenvalue weighted by atomic mass is 16.1. The van der Waals surface area contributed by atoms with Crippen LogP contribution >= 0.6 is 0 Å². The summed E-state index contributed by atoms with van der Waals surface area (Å²) in [6.07, 6.45) is 1.07. The van der Waals surface area contributed by atoms with Crippen LogP contribution < -0.4 is 11.1 Å². The Morgan fingerprint density at radius 2 is 2.18 bits per heavy atom. The summed E-state index contributed by atoms with van der Waals surface area (Å²) in [6, 6.07) is -0.230. The lowest BCUT2D eigenvalue weighted by Gasteiger charge is -2.29. The van der Waals surface area contributed by atoms with Crippen molar-refractivity contribution in [3.63, 3.8) is 0 Å². The zero-order valence-electron chi connectivity index (χ0n) is 7.08. The van der Waals surface area contributed by atoms with Gasteiger partial charge in [-0.25, -0.2) is 5.32 Å². The van der Waals surface area contributed by atoms with Crippen molar-refractivity contribution in [3.05, 3.63) is 0 Å². The van der Waals surface area contributed by atoms with E-state index in [0.717, 1.165) is 13.0 Å². The number of amides is 1. The molecule has 1 rings (SSSR count). The monoisotopic (exact) mass is 155 g/mol. The van der Waals surface area contributed by atoms with Crippen LogP contribution in [0.25, 0.3) is 0 Å². The van der Waals surface area contributed by atoms with Crippen molar-refractivity contribution >= 4 is 5.91 Å². The summed E-state index contributed by atoms with van der Waals surface area (Å²) in [5.74, 6) is 0.668. The molecule has 3 heteroatoms. The van der Waals surface area contributed by atoms with Gasteiger partial charge in [-0.3, -0.25) is 4.79 Å². The predicted octanol–water partition coefficient (Wildman–Crippen LogP) is 0.121. The SMILES string of the molecule is CC1C[N]C(C(N)=O)C(C)C1. The molecule has 0 aromatic rings. The number of hydrogen-bond donors (Lipinski definition) is 1. The topological polar surface area (TPSA) is 57.2 Å². The van der Waals surface area contributed by atoms with Crippen LogP contribution in [0.1, 0.15) is 20.3 Å². The molecule has 63 valence electrons. The summed E-state index contributed by atoms with van der Waals surface area (Å²) in [4.78, 5) is 10.8. The number of primary amides is 1. The van der Waals surface area contributed by atoms with E-state index < -0.39 is 0 Å². The fourth-order valence-corrected chi connectivity index (χ4v) is 1.68. The third kappa shape index (κ3) is 1.93. The first-order valence-electron chi connectivity index (χ1n) is 4.07. The number of carbonyl (C=O) groups excluding carboxylic acids is 1. The smallest absolute Gasteiger partial charge is 0.236 e. The normalized spacial score (nSPS) is 38.5. The van der Waals surface area contributed by atoms with Gasteiger partial charge >= 0.3 is 0 Å². The minimum Gasteiger partial charge on any atom is -0.368 e. The van der Waals surface area contributed by atoms with Crippen molar-refractivity contribution in [3.8, 4) is 0 Å². The molecule has 1 aliphatic rings. The zero-order valence-corrected chi connectivity index (χ0v) is 7.08. The third-order valence-electron chi connectivity index (χ3n) is 2.22. The van der Waals surface area contributed by atoms with Gasteiger partial charge in [0.1, 0.15) is 6.04 Å². The zero-order chi connectivity index (χ0) is 8.43. The fourth-order valence-electron chi connectivity index (χ4n) is 1.68. The summed E-state index contributed by atoms with van der Waals surface area (Å²) in [5, 5.41) is 4.22. The minimum atomic E-state index is -0.274. The molecule has 3 atom stereocenters. The molecule has 0 aromatic heterocycles. The first-order valence-corrected chi connectivity index (χ1v) is 4.07. The van der Waals surface area contributed by atoms with Gasteiger partial charge in [0.25, 0.3) is 0 Å². The van der Waals surface area contributed by atoms with E-state index in [2.05, 4.69) is 12.2 Å². The molecule has 11 heavy (non-hydrogen) atoms. The van der Waals surface area contributed by atoms with Crippen LogP contribution in [0.5, 0.6) is 0 Å². The fraction of sp³-hybridized carbons (Fsp3) is 0.875. The van der Waals surface area contributed by atoms with Gasteiger partial charge in [0.15, 0.2) is 0 Å². The van der Waals surface area contributed by atoms with Gasteiger partial charge < -0.3 is 5.73 Å². The van der Waals surface area contributed by atoms with E-state index >= 15 is 0 Å². The van der Waals surface area contributed by atoms with Crippen LogP contribution in [0, 0.1) is 11.8 Å². The van der Waals surface area contributed by atoms with E-state index in [1.165, 1.54) is 0 Å². The molecule has 2 N–H and O–H groups in total. The Kier molecular flexibility index (Phi) is 2.49. The second-order valence-corrected chi connectivity index (χ2v) is 3.53. The van der Waals surface area contributed by atoms with Crippen molar-refractivity contribution in [2.45, 2.75) is 26.3 Å². The highest BCUT2D eigenvalue weighted by Gasteiger charge is 2.29. The second-order valence-electron chi connectivity index (χ2n) is 3.53. The summed E-state index contributed by atoms with van der Waals surface area (Å²) >= 11 is 0. The molecular formula is C8H15N2O. The maximum atomic E-state index is 10.8. The number of nitrogens with two attached hydrogens (primary N) is 1. The Balaban J connectivity index is 2.50. The van der Waals surface area contributed by atoms with Gasteiger partial charge in [0.2, 0.25) is 5.91 Å². The molecule has 3 nitrogen and oxygen atoms in total. The number of nitrogens with zero attached hydrogens (tertiary/aromatic N) is 1. The Morgan fingerprint density at radius 3 is 2.64 bits per heavy atom. The number of carbonyl (C=O) groups is 1. The number of hydrogen-bond acceptors (Lipinski definition) is 1. The average Bonchev–Trinajstić information content (AvgIpc) is 1.85. The van der Waals surface area contributed by atoms with Gasteiger partial charge in [-0.1, -0.05) is 13.8 Å². The molecule has 0 aliphatic carbocycles. The first-order chi connectivity index (χ1) is 5.11. The molecule has 3 unspecified atom stereocenters. The number of rotatable bonds is 1. The Morgan fingerprint density at radius 1 is 1.55 bits per heavy atom. The minimum absolute atomic E-state index is 0.230. The van der Waals surface area contributed by atoms with E-state index in [1.807, 2.05) is 6.92 Å². The van der Waals surface area contributed by atoms with Crippen LogP contribution in [-0.2, 0) is 4.79 Å². The molecule has 0 saturated carbocycles. The lowest BCUT2D eigenvalue weighted by molar-refractivity contribution is -0.122. The summed E-state index contributed by atoms with van der Waals surface area (Å²) < 4.78 is 0. The molecular weight excluding hydrogens is 140 g/mol. The predicted molar refractivity (Wildman–Crippen MR) is 42.9 cm³/mol. The number of piperidine rings is 1. The molecule has 0 spiro atoms. The Labute approximate surface area is 67.3 Å². The van der Waals surface area contributed by atoms with Gasteiger partial charge in [-0.15, -0.1) is 0 Å². The van der Waals surface area contributed by atoms with Crippen LogP contribution in [0.15, 0.2) is 0 Å². The Hall–Kier alpha value is -0.570. The Bertz CT molecular complexity index is 158. The largest absolute Gasteiger partial charge is 0.368 e. The van der Waals surface area contributed by atoms with Crippen LogP contribution in [0.4, 0.5) is 0 Å². The van der Waals surface area contributed by atoms with E-state index in [9.17, 15) is 4.79 Å². The third-order valence-corrected chi connectivity index (χ3v) is 2.22. The summed E-state index contributed by atoms with van der Waals surface area (Å²) in [5.41, 5.74) is 5.17. The standard InChI is InChI=1S/C8H15N2O/c1-5-3-6(2)7(8(9)11)10-4-5/h5-7H,3-4H2,1-2H3,(H2,9,11).